The average molecular weight is 398 g/mol. The van der Waals surface area contributed by atoms with Crippen LogP contribution in [0.5, 0.6) is 0 Å². The van der Waals surface area contributed by atoms with Crippen molar-refractivity contribution in [1.82, 2.24) is 0 Å². The number of nitrogens with two attached hydrogens (primary N) is 1. The van der Waals surface area contributed by atoms with Crippen molar-refractivity contribution in [1.29, 1.82) is 0 Å². The van der Waals surface area contributed by atoms with Crippen molar-refractivity contribution in [2.75, 3.05) is 0 Å². The fourth-order valence-electron chi connectivity index (χ4n) is 2.65. The lowest BCUT2D eigenvalue weighted by atomic mass is 9.79. The highest BCUT2D eigenvalue weighted by Gasteiger charge is 2.20. The Balaban J connectivity index is 1.85. The van der Waals surface area contributed by atoms with Crippen LogP contribution in [0.25, 0.3) is 0 Å². The first-order valence-electron chi connectivity index (χ1n) is 6.95. The van der Waals surface area contributed by atoms with Gasteiger partial charge in [0.15, 0.2) is 0 Å². The molecule has 20 heavy (non-hydrogen) atoms. The third-order valence-electron chi connectivity index (χ3n) is 4.17. The predicted octanol–water partition coefficient (Wildman–Crippen LogP) is 5.26. The van der Waals surface area contributed by atoms with Gasteiger partial charge >= 0.3 is 0 Å². The number of benzene rings is 2. The first kappa shape index (κ1) is 14.4. The van der Waals surface area contributed by atoms with E-state index in [1.165, 1.54) is 24.8 Å². The molecule has 0 aliphatic heterocycles. The van der Waals surface area contributed by atoms with Crippen LogP contribution in [0.2, 0.25) is 5.02 Å². The molecule has 0 heterocycles. The van der Waals surface area contributed by atoms with Crippen LogP contribution in [0.4, 0.5) is 0 Å². The monoisotopic (exact) mass is 397 g/mol. The van der Waals surface area contributed by atoms with Crippen molar-refractivity contribution in [2.24, 2.45) is 5.73 Å². The molecule has 0 radical (unpaired) electrons. The SMILES string of the molecule is NC(c1ccc(C2CCC2)cc1)c1cc(Cl)ccc1I. The molecule has 2 N–H and O–H groups in total. The molecule has 1 aliphatic rings. The van der Waals surface area contributed by atoms with Gasteiger partial charge < -0.3 is 5.73 Å². The van der Waals surface area contributed by atoms with Crippen molar-refractivity contribution in [3.05, 3.63) is 67.7 Å². The lowest BCUT2D eigenvalue weighted by Crippen LogP contribution is -2.14. The van der Waals surface area contributed by atoms with Crippen LogP contribution in [-0.2, 0) is 0 Å². The van der Waals surface area contributed by atoms with E-state index < -0.39 is 0 Å². The molecule has 1 atom stereocenters. The van der Waals surface area contributed by atoms with E-state index in [2.05, 4.69) is 46.9 Å². The third kappa shape index (κ3) is 2.87. The molecule has 1 unspecified atom stereocenters. The first-order chi connectivity index (χ1) is 9.65. The molecular weight excluding hydrogens is 381 g/mol. The van der Waals surface area contributed by atoms with Gasteiger partial charge in [0, 0.05) is 8.59 Å². The van der Waals surface area contributed by atoms with E-state index in [9.17, 15) is 0 Å². The topological polar surface area (TPSA) is 26.0 Å². The molecule has 2 aromatic carbocycles. The van der Waals surface area contributed by atoms with E-state index in [1.807, 2.05) is 18.2 Å². The van der Waals surface area contributed by atoms with Crippen LogP contribution >= 0.6 is 34.2 Å². The highest BCUT2D eigenvalue weighted by Crippen LogP contribution is 2.37. The molecule has 2 aromatic rings. The molecule has 0 aromatic heterocycles. The van der Waals surface area contributed by atoms with Crippen LogP contribution in [0.15, 0.2) is 42.5 Å². The summed E-state index contributed by atoms with van der Waals surface area (Å²) in [6.45, 7) is 0. The molecule has 0 amide bonds. The van der Waals surface area contributed by atoms with Gasteiger partial charge in [-0.2, -0.15) is 0 Å². The standard InChI is InChI=1S/C17H17ClIN/c18-14-8-9-16(19)15(10-14)17(20)13-6-4-12(5-7-13)11-2-1-3-11/h4-11,17H,1-3,20H2. The summed E-state index contributed by atoms with van der Waals surface area (Å²) in [5.41, 5.74) is 10.1. The number of halogens is 2. The smallest absolute Gasteiger partial charge is 0.0562 e. The molecule has 104 valence electrons. The molecule has 1 aliphatic carbocycles. The van der Waals surface area contributed by atoms with E-state index in [-0.39, 0.29) is 6.04 Å². The number of rotatable bonds is 3. The first-order valence-corrected chi connectivity index (χ1v) is 8.41. The summed E-state index contributed by atoms with van der Waals surface area (Å²) in [5, 5.41) is 0.738. The van der Waals surface area contributed by atoms with Gasteiger partial charge in [-0.3, -0.25) is 0 Å². The lowest BCUT2D eigenvalue weighted by molar-refractivity contribution is 0.419. The Hall–Kier alpha value is -0.580. The van der Waals surface area contributed by atoms with Gasteiger partial charge in [-0.1, -0.05) is 42.3 Å². The summed E-state index contributed by atoms with van der Waals surface area (Å²) in [7, 11) is 0. The lowest BCUT2D eigenvalue weighted by Gasteiger charge is -2.26. The van der Waals surface area contributed by atoms with Gasteiger partial charge in [0.05, 0.1) is 6.04 Å². The van der Waals surface area contributed by atoms with Crippen molar-refractivity contribution in [3.8, 4) is 0 Å². The van der Waals surface area contributed by atoms with Gasteiger partial charge in [0.1, 0.15) is 0 Å². The maximum absolute atomic E-state index is 6.40. The second-order valence-corrected chi connectivity index (χ2v) is 7.04. The Morgan fingerprint density at radius 1 is 1.10 bits per heavy atom. The summed E-state index contributed by atoms with van der Waals surface area (Å²) in [4.78, 5) is 0. The Labute approximate surface area is 138 Å². The molecule has 3 heteroatoms. The number of hydrogen-bond acceptors (Lipinski definition) is 1. The summed E-state index contributed by atoms with van der Waals surface area (Å²) in [5.74, 6) is 0.770. The molecular formula is C17H17ClIN. The van der Waals surface area contributed by atoms with E-state index >= 15 is 0 Å². The molecule has 0 spiro atoms. The zero-order valence-corrected chi connectivity index (χ0v) is 14.1. The van der Waals surface area contributed by atoms with E-state index in [1.54, 1.807) is 0 Å². The minimum Gasteiger partial charge on any atom is -0.320 e. The summed E-state index contributed by atoms with van der Waals surface area (Å²) < 4.78 is 1.16. The van der Waals surface area contributed by atoms with E-state index in [0.717, 1.165) is 25.6 Å². The fourth-order valence-corrected chi connectivity index (χ4v) is 3.50. The van der Waals surface area contributed by atoms with Gasteiger partial charge in [0.25, 0.3) is 0 Å². The zero-order valence-electron chi connectivity index (χ0n) is 11.2. The fraction of sp³-hybridized carbons (Fsp3) is 0.294. The van der Waals surface area contributed by atoms with Crippen LogP contribution < -0.4 is 5.73 Å². The van der Waals surface area contributed by atoms with E-state index in [0.29, 0.717) is 0 Å². The second-order valence-electron chi connectivity index (χ2n) is 5.44. The Morgan fingerprint density at radius 2 is 1.80 bits per heavy atom. The minimum absolute atomic E-state index is 0.115. The van der Waals surface area contributed by atoms with Crippen LogP contribution in [0.1, 0.15) is 47.9 Å². The van der Waals surface area contributed by atoms with Crippen LogP contribution in [-0.4, -0.2) is 0 Å². The zero-order chi connectivity index (χ0) is 14.1. The average Bonchev–Trinajstić information content (AvgIpc) is 2.40. The quantitative estimate of drug-likeness (QED) is 0.702. The third-order valence-corrected chi connectivity index (χ3v) is 5.38. The maximum Gasteiger partial charge on any atom is 0.0562 e. The van der Waals surface area contributed by atoms with Gasteiger partial charge in [-0.25, -0.2) is 0 Å². The molecule has 0 bridgehead atoms. The summed E-state index contributed by atoms with van der Waals surface area (Å²) in [6.07, 6.45) is 4.03. The van der Waals surface area contributed by atoms with E-state index in [4.69, 9.17) is 17.3 Å². The van der Waals surface area contributed by atoms with Crippen molar-refractivity contribution >= 4 is 34.2 Å². The molecule has 3 rings (SSSR count). The van der Waals surface area contributed by atoms with Gasteiger partial charge in [-0.05, 0) is 76.2 Å². The predicted molar refractivity (Wildman–Crippen MR) is 93.2 cm³/mol. The molecule has 0 saturated heterocycles. The van der Waals surface area contributed by atoms with Gasteiger partial charge in [0.2, 0.25) is 0 Å². The highest BCUT2D eigenvalue weighted by atomic mass is 127. The highest BCUT2D eigenvalue weighted by molar-refractivity contribution is 14.1. The van der Waals surface area contributed by atoms with Crippen molar-refractivity contribution in [2.45, 2.75) is 31.2 Å². The minimum atomic E-state index is -0.115. The van der Waals surface area contributed by atoms with Gasteiger partial charge in [-0.15, -0.1) is 0 Å². The molecule has 1 nitrogen and oxygen atoms in total. The van der Waals surface area contributed by atoms with Crippen molar-refractivity contribution < 1.29 is 0 Å². The second kappa shape index (κ2) is 6.04. The molecule has 1 saturated carbocycles. The normalized spacial score (nSPS) is 16.8. The Kier molecular flexibility index (Phi) is 4.34. The summed E-state index contributed by atoms with van der Waals surface area (Å²) >= 11 is 8.40. The van der Waals surface area contributed by atoms with Crippen molar-refractivity contribution in [3.63, 3.8) is 0 Å². The Morgan fingerprint density at radius 3 is 2.40 bits per heavy atom. The summed E-state index contributed by atoms with van der Waals surface area (Å²) in [6, 6.07) is 14.6. The molecule has 1 fully saturated rings. The largest absolute Gasteiger partial charge is 0.320 e. The van der Waals surface area contributed by atoms with Crippen LogP contribution in [0, 0.1) is 3.57 Å². The maximum atomic E-state index is 6.40. The van der Waals surface area contributed by atoms with Crippen LogP contribution in [0.3, 0.4) is 0 Å². The number of hydrogen-bond donors (Lipinski definition) is 1. The Bertz CT molecular complexity index is 605.